The molecule has 60 valence electrons. The van der Waals surface area contributed by atoms with Gasteiger partial charge in [0.15, 0.2) is 14.5 Å². The van der Waals surface area contributed by atoms with Crippen LogP contribution in [0.1, 0.15) is 6.42 Å². The summed E-state index contributed by atoms with van der Waals surface area (Å²) in [6.07, 6.45) is -2.71. The molecular formula is C6H12F2OSi. The summed E-state index contributed by atoms with van der Waals surface area (Å²) in [7, 11) is -1.81. The molecule has 0 radical (unpaired) electrons. The van der Waals surface area contributed by atoms with Crippen LogP contribution < -0.4 is 0 Å². The van der Waals surface area contributed by atoms with Crippen LogP contribution in [-0.4, -0.2) is 20.8 Å². The van der Waals surface area contributed by atoms with E-state index in [9.17, 15) is 8.78 Å². The molecule has 0 amide bonds. The maximum atomic E-state index is 12.5. The first-order valence-electron chi connectivity index (χ1n) is 3.47. The third kappa shape index (κ3) is 1.76. The summed E-state index contributed by atoms with van der Waals surface area (Å²) < 4.78 is 29.8. The zero-order chi connectivity index (χ0) is 7.78. The summed E-state index contributed by atoms with van der Waals surface area (Å²) in [6, 6.07) is 0.731. The van der Waals surface area contributed by atoms with E-state index in [4.69, 9.17) is 4.43 Å². The van der Waals surface area contributed by atoms with Crippen molar-refractivity contribution in [1.29, 1.82) is 0 Å². The van der Waals surface area contributed by atoms with Crippen molar-refractivity contribution in [2.75, 3.05) is 0 Å². The van der Waals surface area contributed by atoms with Crippen molar-refractivity contribution in [3.63, 3.8) is 0 Å². The molecular weight excluding hydrogens is 154 g/mol. The van der Waals surface area contributed by atoms with Crippen LogP contribution >= 0.6 is 0 Å². The fourth-order valence-corrected chi connectivity index (χ4v) is 2.90. The number of rotatable bonds is 0. The smallest absolute Gasteiger partial charge is 0.221 e. The molecule has 0 aromatic carbocycles. The normalized spacial score (nSPS) is 39.6. The summed E-state index contributed by atoms with van der Waals surface area (Å²) in [4.78, 5) is 0. The Morgan fingerprint density at radius 3 is 2.40 bits per heavy atom. The fourth-order valence-electron chi connectivity index (χ4n) is 1.05. The summed E-state index contributed by atoms with van der Waals surface area (Å²) in [5.41, 5.74) is 0. The highest BCUT2D eigenvalue weighted by Crippen LogP contribution is 2.28. The van der Waals surface area contributed by atoms with E-state index in [0.717, 1.165) is 6.04 Å². The van der Waals surface area contributed by atoms with Crippen LogP contribution in [-0.2, 0) is 4.43 Å². The Bertz CT molecular complexity index is 129. The zero-order valence-electron chi connectivity index (χ0n) is 6.23. The largest absolute Gasteiger partial charge is 0.387 e. The van der Waals surface area contributed by atoms with E-state index >= 15 is 0 Å². The van der Waals surface area contributed by atoms with Gasteiger partial charge in [-0.1, -0.05) is 0 Å². The topological polar surface area (TPSA) is 9.23 Å². The van der Waals surface area contributed by atoms with E-state index < -0.39 is 20.8 Å². The Kier molecular flexibility index (Phi) is 2.10. The van der Waals surface area contributed by atoms with Gasteiger partial charge in [0.1, 0.15) is 0 Å². The summed E-state index contributed by atoms with van der Waals surface area (Å²) in [5.74, 6) is 0. The molecule has 1 aliphatic heterocycles. The lowest BCUT2D eigenvalue weighted by molar-refractivity contribution is -0.0284. The first kappa shape index (κ1) is 8.14. The van der Waals surface area contributed by atoms with Gasteiger partial charge in [0.2, 0.25) is 6.36 Å². The van der Waals surface area contributed by atoms with E-state index in [1.165, 1.54) is 0 Å². The third-order valence-electron chi connectivity index (χ3n) is 1.74. The van der Waals surface area contributed by atoms with E-state index in [0.29, 0.717) is 6.42 Å². The Hall–Kier alpha value is 0.0369. The van der Waals surface area contributed by atoms with Gasteiger partial charge in [-0.3, -0.25) is 0 Å². The summed E-state index contributed by atoms with van der Waals surface area (Å²) in [6.45, 7) is 3.82. The average molecular weight is 166 g/mol. The molecule has 0 aromatic rings. The Morgan fingerprint density at radius 2 is 2.00 bits per heavy atom. The molecule has 0 aromatic heterocycles. The quantitative estimate of drug-likeness (QED) is 0.501. The minimum atomic E-state index is -1.81. The summed E-state index contributed by atoms with van der Waals surface area (Å²) >= 11 is 0. The van der Waals surface area contributed by atoms with E-state index in [1.807, 2.05) is 13.1 Å². The molecule has 1 rings (SSSR count). The van der Waals surface area contributed by atoms with Crippen LogP contribution in [0, 0.1) is 0 Å². The lowest BCUT2D eigenvalue weighted by Gasteiger charge is -2.32. The third-order valence-corrected chi connectivity index (χ3v) is 4.09. The van der Waals surface area contributed by atoms with Gasteiger partial charge >= 0.3 is 0 Å². The van der Waals surface area contributed by atoms with Crippen molar-refractivity contribution in [3.8, 4) is 0 Å². The van der Waals surface area contributed by atoms with Gasteiger partial charge in [0.25, 0.3) is 0 Å². The highest BCUT2D eigenvalue weighted by molar-refractivity contribution is 6.71. The molecule has 1 saturated heterocycles. The van der Waals surface area contributed by atoms with Gasteiger partial charge in [-0.15, -0.1) is 0 Å². The van der Waals surface area contributed by atoms with Crippen molar-refractivity contribution in [1.82, 2.24) is 0 Å². The molecule has 1 fully saturated rings. The average Bonchev–Trinajstić information content (AvgIpc) is 1.79. The highest BCUT2D eigenvalue weighted by Gasteiger charge is 2.37. The molecule has 1 heterocycles. The first-order valence-corrected chi connectivity index (χ1v) is 6.59. The van der Waals surface area contributed by atoms with Gasteiger partial charge in [-0.25, -0.2) is 8.78 Å². The molecule has 10 heavy (non-hydrogen) atoms. The van der Waals surface area contributed by atoms with E-state index in [2.05, 4.69) is 0 Å². The van der Waals surface area contributed by atoms with Gasteiger partial charge in [0, 0.05) is 0 Å². The van der Waals surface area contributed by atoms with Gasteiger partial charge in [0.05, 0.1) is 0 Å². The molecule has 0 N–H and O–H groups in total. The maximum absolute atomic E-state index is 12.5. The lowest BCUT2D eigenvalue weighted by Crippen LogP contribution is -2.43. The fraction of sp³-hybridized carbons (Fsp3) is 1.00. The minimum Gasteiger partial charge on any atom is -0.387 e. The number of hydrogen-bond acceptors (Lipinski definition) is 1. The van der Waals surface area contributed by atoms with E-state index in [-0.39, 0.29) is 0 Å². The second-order valence-corrected chi connectivity index (χ2v) is 7.54. The van der Waals surface area contributed by atoms with Crippen LogP contribution in [0.25, 0.3) is 0 Å². The highest BCUT2D eigenvalue weighted by atomic mass is 28.4. The molecule has 1 nitrogen and oxygen atoms in total. The second-order valence-electron chi connectivity index (χ2n) is 3.28. The standard InChI is InChI=1S/C6H12F2OSi/c1-10(2)4-3-5(7)6(8)9-10/h5-6H,3-4H2,1-2H3. The Labute approximate surface area is 60.5 Å². The number of halogens is 2. The maximum Gasteiger partial charge on any atom is 0.221 e. The molecule has 2 atom stereocenters. The van der Waals surface area contributed by atoms with Gasteiger partial charge in [-0.2, -0.15) is 0 Å². The van der Waals surface area contributed by atoms with Crippen molar-refractivity contribution < 1.29 is 13.2 Å². The van der Waals surface area contributed by atoms with Crippen LogP contribution in [0.2, 0.25) is 19.1 Å². The molecule has 0 saturated carbocycles. The lowest BCUT2D eigenvalue weighted by atomic mass is 10.3. The molecule has 0 aliphatic carbocycles. The van der Waals surface area contributed by atoms with Gasteiger partial charge in [-0.05, 0) is 25.6 Å². The van der Waals surface area contributed by atoms with Crippen LogP contribution in [0.4, 0.5) is 8.78 Å². The predicted octanol–water partition coefficient (Wildman–Crippen LogP) is 2.25. The number of hydrogen-bond donors (Lipinski definition) is 0. The van der Waals surface area contributed by atoms with Crippen LogP contribution in [0.15, 0.2) is 0 Å². The summed E-state index contributed by atoms with van der Waals surface area (Å²) in [5, 5.41) is 0. The Morgan fingerprint density at radius 1 is 1.40 bits per heavy atom. The zero-order valence-corrected chi connectivity index (χ0v) is 7.23. The second kappa shape index (κ2) is 2.58. The number of alkyl halides is 2. The van der Waals surface area contributed by atoms with Crippen LogP contribution in [0.3, 0.4) is 0 Å². The predicted molar refractivity (Wildman–Crippen MR) is 37.8 cm³/mol. The van der Waals surface area contributed by atoms with E-state index in [1.54, 1.807) is 0 Å². The monoisotopic (exact) mass is 166 g/mol. The molecule has 4 heteroatoms. The minimum absolute atomic E-state index is 0.334. The Balaban J connectivity index is 2.49. The van der Waals surface area contributed by atoms with Crippen LogP contribution in [0.5, 0.6) is 0 Å². The van der Waals surface area contributed by atoms with Crippen molar-refractivity contribution in [2.45, 2.75) is 38.1 Å². The molecule has 0 spiro atoms. The molecule has 0 bridgehead atoms. The van der Waals surface area contributed by atoms with Crippen molar-refractivity contribution >= 4 is 8.32 Å². The van der Waals surface area contributed by atoms with Gasteiger partial charge < -0.3 is 4.43 Å². The van der Waals surface area contributed by atoms with Crippen molar-refractivity contribution in [2.24, 2.45) is 0 Å². The molecule has 1 aliphatic rings. The van der Waals surface area contributed by atoms with Crippen molar-refractivity contribution in [3.05, 3.63) is 0 Å². The first-order chi connectivity index (χ1) is 4.51. The molecule has 2 unspecified atom stereocenters. The SMILES string of the molecule is C[Si]1(C)CCC(F)C(F)O1.